The molecule has 1 aliphatic heterocycles. The number of alkyl halides is 3. The summed E-state index contributed by atoms with van der Waals surface area (Å²) in [5, 5.41) is 13.2. The fourth-order valence-corrected chi connectivity index (χ4v) is 4.73. The van der Waals surface area contributed by atoms with E-state index in [0.717, 1.165) is 22.3 Å². The molecule has 5 aromatic rings. The first kappa shape index (κ1) is 25.7. The number of halogens is 3. The van der Waals surface area contributed by atoms with E-state index < -0.39 is 24.6 Å². The molecule has 0 amide bonds. The topological polar surface area (TPSA) is 114 Å². The Bertz CT molecular complexity index is 1710. The highest BCUT2D eigenvalue weighted by Crippen LogP contribution is 2.39. The van der Waals surface area contributed by atoms with Crippen LogP contribution in [0.2, 0.25) is 0 Å². The molecule has 0 saturated carbocycles. The average molecular weight is 551 g/mol. The number of fused-ring (bicyclic) bond motifs is 2. The van der Waals surface area contributed by atoms with Crippen LogP contribution in [0.4, 0.5) is 30.6 Å². The Balaban J connectivity index is 1.21. The summed E-state index contributed by atoms with van der Waals surface area (Å²) in [5.74, 6) is 2.03. The van der Waals surface area contributed by atoms with Gasteiger partial charge in [-0.2, -0.15) is 13.2 Å². The molecule has 13 heteroatoms. The average Bonchev–Trinajstić information content (AvgIpc) is 3.30. The fourth-order valence-electron chi connectivity index (χ4n) is 4.73. The number of aryl methyl sites for hydroxylation is 2. The van der Waals surface area contributed by atoms with Crippen LogP contribution in [0.25, 0.3) is 22.1 Å². The van der Waals surface area contributed by atoms with E-state index in [2.05, 4.69) is 30.2 Å². The van der Waals surface area contributed by atoms with Crippen LogP contribution >= 0.6 is 0 Å². The molecule has 0 radical (unpaired) electrons. The van der Waals surface area contributed by atoms with Crippen LogP contribution < -0.4 is 15.0 Å². The Hall–Kier alpha value is -4.52. The molecule has 3 aromatic heterocycles. The molecule has 1 fully saturated rings. The summed E-state index contributed by atoms with van der Waals surface area (Å²) in [5.41, 5.74) is 1.67. The number of imidazole rings is 1. The number of benzene rings is 2. The van der Waals surface area contributed by atoms with Gasteiger partial charge in [-0.1, -0.05) is 0 Å². The summed E-state index contributed by atoms with van der Waals surface area (Å²) in [6.45, 7) is 1.86. The van der Waals surface area contributed by atoms with Crippen LogP contribution in [-0.2, 0) is 7.05 Å². The zero-order chi connectivity index (χ0) is 28.1. The molecule has 0 atom stereocenters. The minimum absolute atomic E-state index is 0.0358. The smallest absolute Gasteiger partial charge is 0.417 e. The van der Waals surface area contributed by atoms with Crippen LogP contribution in [0.15, 0.2) is 55.2 Å². The highest BCUT2D eigenvalue weighted by atomic mass is 19.4. The van der Waals surface area contributed by atoms with Gasteiger partial charge in [0.1, 0.15) is 28.9 Å². The molecule has 2 aromatic carbocycles. The maximum atomic E-state index is 13.2. The van der Waals surface area contributed by atoms with Crippen molar-refractivity contribution in [2.24, 2.45) is 7.05 Å². The lowest BCUT2D eigenvalue weighted by atomic mass is 9.91. The van der Waals surface area contributed by atoms with E-state index in [4.69, 9.17) is 4.74 Å². The third kappa shape index (κ3) is 4.72. The number of hydrogen-bond acceptors (Lipinski definition) is 9. The van der Waals surface area contributed by atoms with Gasteiger partial charge in [0, 0.05) is 44.7 Å². The Morgan fingerprint density at radius 1 is 1.00 bits per heavy atom. The number of rotatable bonds is 5. The van der Waals surface area contributed by atoms with Crippen molar-refractivity contribution in [3.05, 3.63) is 60.8 Å². The summed E-state index contributed by atoms with van der Waals surface area (Å²) in [6.07, 6.45) is -0.953. The molecule has 1 saturated heterocycles. The molecule has 2 N–H and O–H groups in total. The van der Waals surface area contributed by atoms with Gasteiger partial charge in [0.15, 0.2) is 11.4 Å². The molecule has 6 rings (SSSR count). The lowest BCUT2D eigenvalue weighted by molar-refractivity contribution is -0.266. The van der Waals surface area contributed by atoms with Crippen LogP contribution in [0.3, 0.4) is 0 Å². The Morgan fingerprint density at radius 3 is 2.55 bits per heavy atom. The van der Waals surface area contributed by atoms with Gasteiger partial charge in [-0.15, -0.1) is 0 Å². The number of nitrogens with one attached hydrogen (secondary N) is 1. The minimum atomic E-state index is -4.68. The highest BCUT2D eigenvalue weighted by molar-refractivity contribution is 5.87. The third-order valence-corrected chi connectivity index (χ3v) is 7.13. The quantitative estimate of drug-likeness (QED) is 0.311. The van der Waals surface area contributed by atoms with Gasteiger partial charge in [-0.25, -0.2) is 24.9 Å². The predicted octanol–water partition coefficient (Wildman–Crippen LogP) is 5.04. The minimum Gasteiger partial charge on any atom is -0.457 e. The molecule has 40 heavy (non-hydrogen) atoms. The number of aliphatic hydroxyl groups is 1. The summed E-state index contributed by atoms with van der Waals surface area (Å²) in [6, 6.07) is 11.3. The van der Waals surface area contributed by atoms with E-state index >= 15 is 0 Å². The number of nitrogens with zero attached hydrogens (tertiary/aromatic N) is 7. The van der Waals surface area contributed by atoms with Crippen LogP contribution in [-0.4, -0.2) is 59.5 Å². The van der Waals surface area contributed by atoms with Gasteiger partial charge in [-0.05, 0) is 42.8 Å². The number of piperidine rings is 1. The highest BCUT2D eigenvalue weighted by Gasteiger charge is 2.54. The van der Waals surface area contributed by atoms with Crippen LogP contribution in [0.1, 0.15) is 18.4 Å². The maximum Gasteiger partial charge on any atom is 0.417 e. The monoisotopic (exact) mass is 550 g/mol. The number of hydrogen-bond donors (Lipinski definition) is 2. The van der Waals surface area contributed by atoms with Crippen molar-refractivity contribution in [1.29, 1.82) is 0 Å². The van der Waals surface area contributed by atoms with E-state index in [0.29, 0.717) is 28.4 Å². The lowest BCUT2D eigenvalue weighted by Gasteiger charge is -2.39. The standard InChI is InChI=1S/C27H25F3N8O2/c1-16-11-17(3-6-22(16)40-18-4-5-21-19(12-18)34-15-37(21)2)35-24-23-20(32-14-33-24)13-31-25(36-23)38-9-7-26(39,8-10-38)27(28,29)30/h3-6,11-15,39H,7-10H2,1-2H3,(H,32,33,35). The Morgan fingerprint density at radius 2 is 1.80 bits per heavy atom. The van der Waals surface area contributed by atoms with E-state index in [-0.39, 0.29) is 19.0 Å². The summed E-state index contributed by atoms with van der Waals surface area (Å²) in [4.78, 5) is 23.4. The lowest BCUT2D eigenvalue weighted by Crippen LogP contribution is -2.53. The molecule has 0 bridgehead atoms. The summed E-state index contributed by atoms with van der Waals surface area (Å²) < 4.78 is 47.7. The molecule has 4 heterocycles. The van der Waals surface area contributed by atoms with Crippen molar-refractivity contribution in [2.45, 2.75) is 31.5 Å². The van der Waals surface area contributed by atoms with Gasteiger partial charge in [0.05, 0.1) is 23.6 Å². The van der Waals surface area contributed by atoms with Crippen molar-refractivity contribution in [3.63, 3.8) is 0 Å². The molecular formula is C27H25F3N8O2. The zero-order valence-corrected chi connectivity index (χ0v) is 21.6. The third-order valence-electron chi connectivity index (χ3n) is 7.13. The van der Waals surface area contributed by atoms with E-state index in [1.807, 2.05) is 54.9 Å². The number of ether oxygens (including phenoxy) is 1. The van der Waals surface area contributed by atoms with Gasteiger partial charge in [0.25, 0.3) is 0 Å². The summed E-state index contributed by atoms with van der Waals surface area (Å²) in [7, 11) is 1.94. The SMILES string of the molecule is Cc1cc(Nc2ncnc3cnc(N4CCC(O)(C(F)(F)F)CC4)nc23)ccc1Oc1ccc2c(c1)ncn2C. The number of anilines is 3. The van der Waals surface area contributed by atoms with Crippen molar-refractivity contribution in [1.82, 2.24) is 29.5 Å². The molecule has 10 nitrogen and oxygen atoms in total. The molecule has 0 unspecified atom stereocenters. The molecule has 206 valence electrons. The van der Waals surface area contributed by atoms with Crippen molar-refractivity contribution in [2.75, 3.05) is 23.3 Å². The molecule has 0 spiro atoms. The number of aromatic nitrogens is 6. The first-order chi connectivity index (χ1) is 19.1. The summed E-state index contributed by atoms with van der Waals surface area (Å²) >= 11 is 0. The second-order valence-electron chi connectivity index (χ2n) is 9.86. The van der Waals surface area contributed by atoms with E-state index in [1.165, 1.54) is 12.5 Å². The van der Waals surface area contributed by atoms with Gasteiger partial charge >= 0.3 is 6.18 Å². The normalized spacial score (nSPS) is 15.5. The van der Waals surface area contributed by atoms with Crippen molar-refractivity contribution >= 4 is 39.5 Å². The predicted molar refractivity (Wildman–Crippen MR) is 143 cm³/mol. The second kappa shape index (κ2) is 9.59. The van der Waals surface area contributed by atoms with Gasteiger partial charge < -0.3 is 24.6 Å². The molecule has 1 aliphatic rings. The largest absolute Gasteiger partial charge is 0.457 e. The Kier molecular flexibility index (Phi) is 6.17. The Labute approximate surface area is 226 Å². The fraction of sp³-hybridized carbons (Fsp3) is 0.296. The van der Waals surface area contributed by atoms with Gasteiger partial charge in [0.2, 0.25) is 5.95 Å². The van der Waals surface area contributed by atoms with Crippen molar-refractivity contribution < 1.29 is 23.0 Å². The first-order valence-corrected chi connectivity index (χ1v) is 12.6. The van der Waals surface area contributed by atoms with Crippen LogP contribution in [0, 0.1) is 6.92 Å². The first-order valence-electron chi connectivity index (χ1n) is 12.6. The van der Waals surface area contributed by atoms with Gasteiger partial charge in [-0.3, -0.25) is 0 Å². The van der Waals surface area contributed by atoms with Crippen molar-refractivity contribution in [3.8, 4) is 11.5 Å². The maximum absolute atomic E-state index is 13.2. The van der Waals surface area contributed by atoms with E-state index in [9.17, 15) is 18.3 Å². The second-order valence-corrected chi connectivity index (χ2v) is 9.86. The molecular weight excluding hydrogens is 525 g/mol. The molecule has 0 aliphatic carbocycles. The van der Waals surface area contributed by atoms with E-state index in [1.54, 1.807) is 11.2 Å². The van der Waals surface area contributed by atoms with Crippen LogP contribution in [0.5, 0.6) is 11.5 Å². The zero-order valence-electron chi connectivity index (χ0n) is 21.6.